The summed E-state index contributed by atoms with van der Waals surface area (Å²) in [5.41, 5.74) is 6.17. The molecule has 0 aliphatic carbocycles. The average Bonchev–Trinajstić information content (AvgIpc) is 2.79. The fraction of sp³-hybridized carbons (Fsp3) is 0.600. The first kappa shape index (κ1) is 12.9. The van der Waals surface area contributed by atoms with Crippen molar-refractivity contribution in [1.29, 1.82) is 0 Å². The van der Waals surface area contributed by atoms with Crippen molar-refractivity contribution in [2.45, 2.75) is 30.3 Å². The molecule has 1 aliphatic rings. The predicted octanol–water partition coefficient (Wildman–Crippen LogP) is 0.647. The lowest BCUT2D eigenvalue weighted by Gasteiger charge is -2.21. The van der Waals surface area contributed by atoms with Crippen molar-refractivity contribution >= 4 is 21.8 Å². The van der Waals surface area contributed by atoms with Crippen LogP contribution in [0, 0.1) is 0 Å². The number of sulfonamides is 1. The fourth-order valence-corrected chi connectivity index (χ4v) is 4.22. The molecule has 1 aromatic rings. The van der Waals surface area contributed by atoms with Crippen molar-refractivity contribution in [1.82, 2.24) is 9.71 Å². The van der Waals surface area contributed by atoms with Gasteiger partial charge in [-0.1, -0.05) is 0 Å². The lowest BCUT2D eigenvalue weighted by Crippen LogP contribution is -2.37. The first-order chi connectivity index (χ1) is 8.12. The maximum atomic E-state index is 12.1. The molecule has 7 heteroatoms. The zero-order valence-corrected chi connectivity index (χ0v) is 11.1. The molecule has 5 nitrogen and oxygen atoms in total. The number of rotatable bonds is 4. The van der Waals surface area contributed by atoms with Crippen molar-refractivity contribution < 1.29 is 8.42 Å². The molecule has 0 spiro atoms. The first-order valence-electron chi connectivity index (χ1n) is 5.59. The van der Waals surface area contributed by atoms with Crippen molar-refractivity contribution in [3.8, 4) is 0 Å². The van der Waals surface area contributed by atoms with Crippen molar-refractivity contribution in [2.75, 3.05) is 11.5 Å². The van der Waals surface area contributed by atoms with Gasteiger partial charge in [-0.25, -0.2) is 13.1 Å². The van der Waals surface area contributed by atoms with E-state index in [9.17, 15) is 8.42 Å². The monoisotopic (exact) mass is 275 g/mol. The van der Waals surface area contributed by atoms with Crippen molar-refractivity contribution in [3.63, 3.8) is 0 Å². The number of aromatic amines is 1. The number of hydrogen-bond donors (Lipinski definition) is 3. The number of H-pyrrole nitrogens is 1. The molecule has 0 radical (unpaired) electrons. The molecular weight excluding hydrogens is 258 g/mol. The minimum atomic E-state index is -3.40. The van der Waals surface area contributed by atoms with Gasteiger partial charge in [-0.3, -0.25) is 0 Å². The van der Waals surface area contributed by atoms with E-state index in [-0.39, 0.29) is 10.9 Å². The summed E-state index contributed by atoms with van der Waals surface area (Å²) in [7, 11) is -3.40. The lowest BCUT2D eigenvalue weighted by molar-refractivity contribution is 0.529. The molecule has 4 N–H and O–H groups in total. The summed E-state index contributed by atoms with van der Waals surface area (Å²) in [4.78, 5) is 3.12. The Kier molecular flexibility index (Phi) is 4.13. The Morgan fingerprint density at radius 1 is 1.47 bits per heavy atom. The summed E-state index contributed by atoms with van der Waals surface area (Å²) >= 11 is 1.87. The molecule has 0 bridgehead atoms. The van der Waals surface area contributed by atoms with Crippen molar-refractivity contribution in [2.24, 2.45) is 5.73 Å². The second-order valence-corrected chi connectivity index (χ2v) is 7.01. The third-order valence-electron chi connectivity index (χ3n) is 2.79. The SMILES string of the molecule is NCc1cc(S(=O)(=O)NC2CCSCC2)c[nH]1. The Hall–Kier alpha value is -0.500. The first-order valence-corrected chi connectivity index (χ1v) is 8.23. The van der Waals surface area contributed by atoms with E-state index in [1.54, 1.807) is 6.07 Å². The van der Waals surface area contributed by atoms with E-state index in [4.69, 9.17) is 5.73 Å². The highest BCUT2D eigenvalue weighted by Crippen LogP contribution is 2.19. The van der Waals surface area contributed by atoms with E-state index in [2.05, 4.69) is 9.71 Å². The van der Waals surface area contributed by atoms with Crippen LogP contribution in [0.25, 0.3) is 0 Å². The number of nitrogens with one attached hydrogen (secondary N) is 2. The van der Waals surface area contributed by atoms with E-state index in [0.717, 1.165) is 30.0 Å². The Balaban J connectivity index is 2.07. The van der Waals surface area contributed by atoms with E-state index in [0.29, 0.717) is 6.54 Å². The van der Waals surface area contributed by atoms with Crippen molar-refractivity contribution in [3.05, 3.63) is 18.0 Å². The van der Waals surface area contributed by atoms with Crippen LogP contribution < -0.4 is 10.5 Å². The summed E-state index contributed by atoms with van der Waals surface area (Å²) in [6, 6.07) is 1.65. The quantitative estimate of drug-likeness (QED) is 0.753. The van der Waals surface area contributed by atoms with Gasteiger partial charge in [0.2, 0.25) is 10.0 Å². The molecule has 1 aliphatic heterocycles. The van der Waals surface area contributed by atoms with Crippen LogP contribution in [0.15, 0.2) is 17.2 Å². The van der Waals surface area contributed by atoms with E-state index < -0.39 is 10.0 Å². The van der Waals surface area contributed by atoms with E-state index in [1.807, 2.05) is 11.8 Å². The molecule has 2 heterocycles. The zero-order valence-electron chi connectivity index (χ0n) is 9.48. The van der Waals surface area contributed by atoms with Gasteiger partial charge in [-0.15, -0.1) is 0 Å². The summed E-state index contributed by atoms with van der Waals surface area (Å²) in [5.74, 6) is 2.04. The van der Waals surface area contributed by atoms with Gasteiger partial charge in [-0.2, -0.15) is 11.8 Å². The van der Waals surface area contributed by atoms with Crippen LogP contribution in [-0.4, -0.2) is 30.9 Å². The van der Waals surface area contributed by atoms with E-state index >= 15 is 0 Å². The van der Waals surface area contributed by atoms with Gasteiger partial charge in [0.15, 0.2) is 0 Å². The standard InChI is InChI=1S/C10H17N3O2S2/c11-6-9-5-10(7-12-9)17(14,15)13-8-1-3-16-4-2-8/h5,7-8,12-13H,1-4,6,11H2. The Morgan fingerprint density at radius 3 is 2.76 bits per heavy atom. The van der Waals surface area contributed by atoms with Gasteiger partial charge in [-0.05, 0) is 30.4 Å². The molecule has 0 amide bonds. The molecule has 1 aromatic heterocycles. The molecule has 2 rings (SSSR count). The number of nitrogens with two attached hydrogens (primary N) is 1. The van der Waals surface area contributed by atoms with Crippen LogP contribution in [0.4, 0.5) is 0 Å². The highest BCUT2D eigenvalue weighted by molar-refractivity contribution is 7.99. The van der Waals surface area contributed by atoms with Crippen LogP contribution in [0.1, 0.15) is 18.5 Å². The van der Waals surface area contributed by atoms with Crippen LogP contribution in [-0.2, 0) is 16.6 Å². The Morgan fingerprint density at radius 2 is 2.18 bits per heavy atom. The number of aromatic nitrogens is 1. The lowest BCUT2D eigenvalue weighted by atomic mass is 10.2. The normalized spacial score (nSPS) is 18.4. The number of thioether (sulfide) groups is 1. The third-order valence-corrected chi connectivity index (χ3v) is 5.34. The molecule has 0 aromatic carbocycles. The number of hydrogen-bond acceptors (Lipinski definition) is 4. The fourth-order valence-electron chi connectivity index (χ4n) is 1.79. The molecule has 1 fully saturated rings. The highest BCUT2D eigenvalue weighted by Gasteiger charge is 2.22. The maximum Gasteiger partial charge on any atom is 0.242 e. The minimum absolute atomic E-state index is 0.0671. The summed E-state index contributed by atoms with van der Waals surface area (Å²) < 4.78 is 26.8. The maximum absolute atomic E-state index is 12.1. The summed E-state index contributed by atoms with van der Waals surface area (Å²) in [5, 5.41) is 0. The van der Waals surface area contributed by atoms with Gasteiger partial charge in [0.05, 0.1) is 4.90 Å². The average molecular weight is 275 g/mol. The largest absolute Gasteiger partial charge is 0.363 e. The molecule has 0 atom stereocenters. The third kappa shape index (κ3) is 3.25. The summed E-state index contributed by atoms with van der Waals surface area (Å²) in [6.07, 6.45) is 3.29. The molecule has 1 saturated heterocycles. The second-order valence-electron chi connectivity index (χ2n) is 4.07. The minimum Gasteiger partial charge on any atom is -0.363 e. The van der Waals surface area contributed by atoms with Crippen LogP contribution in [0.5, 0.6) is 0 Å². The smallest absolute Gasteiger partial charge is 0.242 e. The van der Waals surface area contributed by atoms with E-state index in [1.165, 1.54) is 6.20 Å². The Bertz CT molecular complexity index is 464. The van der Waals surface area contributed by atoms with Gasteiger partial charge in [0, 0.05) is 24.5 Å². The highest BCUT2D eigenvalue weighted by atomic mass is 32.2. The van der Waals surface area contributed by atoms with Gasteiger partial charge >= 0.3 is 0 Å². The predicted molar refractivity (Wildman–Crippen MR) is 69.4 cm³/mol. The topological polar surface area (TPSA) is 88.0 Å². The van der Waals surface area contributed by atoms with Gasteiger partial charge in [0.25, 0.3) is 0 Å². The van der Waals surface area contributed by atoms with Gasteiger partial charge in [0.1, 0.15) is 0 Å². The van der Waals surface area contributed by atoms with Crippen LogP contribution in [0.3, 0.4) is 0 Å². The summed E-state index contributed by atoms with van der Waals surface area (Å²) in [6.45, 7) is 0.315. The van der Waals surface area contributed by atoms with Gasteiger partial charge < -0.3 is 10.7 Å². The molecular formula is C10H17N3O2S2. The molecule has 17 heavy (non-hydrogen) atoms. The zero-order chi connectivity index (χ0) is 12.3. The second kappa shape index (κ2) is 5.43. The van der Waals surface area contributed by atoms with Crippen LogP contribution in [0.2, 0.25) is 0 Å². The van der Waals surface area contributed by atoms with Crippen LogP contribution >= 0.6 is 11.8 Å². The molecule has 96 valence electrons. The molecule has 0 unspecified atom stereocenters. The Labute approximate surface area is 106 Å². The molecule has 0 saturated carbocycles.